The maximum absolute atomic E-state index is 12.2. The SMILES string of the molecule is O=C(NCCN1CCNCC1)c1csc(-c2ccc(Cl)c(Cl)c2)n1. The van der Waals surface area contributed by atoms with Gasteiger partial charge < -0.3 is 10.6 Å². The lowest BCUT2D eigenvalue weighted by atomic mass is 10.2. The summed E-state index contributed by atoms with van der Waals surface area (Å²) < 4.78 is 0. The van der Waals surface area contributed by atoms with Crippen molar-refractivity contribution >= 4 is 40.4 Å². The number of carbonyl (C=O) groups is 1. The lowest BCUT2D eigenvalue weighted by molar-refractivity contribution is 0.0943. The maximum atomic E-state index is 12.2. The van der Waals surface area contributed by atoms with Crippen LogP contribution in [0.2, 0.25) is 10.0 Å². The Bertz CT molecular complexity index is 716. The first-order valence-corrected chi connectivity index (χ1v) is 9.39. The Morgan fingerprint density at radius 1 is 1.29 bits per heavy atom. The Hall–Kier alpha value is -1.18. The van der Waals surface area contributed by atoms with Gasteiger partial charge in [0, 0.05) is 50.2 Å². The number of piperazine rings is 1. The highest BCUT2D eigenvalue weighted by Crippen LogP contribution is 2.30. The van der Waals surface area contributed by atoms with E-state index in [4.69, 9.17) is 23.2 Å². The zero-order chi connectivity index (χ0) is 16.9. The van der Waals surface area contributed by atoms with Gasteiger partial charge in [0.05, 0.1) is 10.0 Å². The van der Waals surface area contributed by atoms with Crippen molar-refractivity contribution in [1.29, 1.82) is 0 Å². The van der Waals surface area contributed by atoms with Crippen LogP contribution >= 0.6 is 34.5 Å². The van der Waals surface area contributed by atoms with Gasteiger partial charge in [-0.1, -0.05) is 29.3 Å². The highest BCUT2D eigenvalue weighted by molar-refractivity contribution is 7.13. The fraction of sp³-hybridized carbons (Fsp3) is 0.375. The molecule has 1 aromatic heterocycles. The fourth-order valence-corrected chi connectivity index (χ4v) is 3.59. The molecule has 0 atom stereocenters. The predicted octanol–water partition coefficient (Wildman–Crippen LogP) is 2.75. The summed E-state index contributed by atoms with van der Waals surface area (Å²) in [5.41, 5.74) is 1.29. The van der Waals surface area contributed by atoms with Crippen molar-refractivity contribution in [1.82, 2.24) is 20.5 Å². The van der Waals surface area contributed by atoms with Gasteiger partial charge in [0.2, 0.25) is 0 Å². The molecule has 3 rings (SSSR count). The van der Waals surface area contributed by atoms with Gasteiger partial charge in [-0.05, 0) is 12.1 Å². The number of nitrogens with one attached hydrogen (secondary N) is 2. The highest BCUT2D eigenvalue weighted by atomic mass is 35.5. The zero-order valence-corrected chi connectivity index (χ0v) is 15.3. The Kier molecular flexibility index (Phi) is 6.08. The monoisotopic (exact) mass is 384 g/mol. The van der Waals surface area contributed by atoms with Crippen LogP contribution in [0.1, 0.15) is 10.5 Å². The van der Waals surface area contributed by atoms with E-state index >= 15 is 0 Å². The van der Waals surface area contributed by atoms with Gasteiger partial charge in [-0.15, -0.1) is 11.3 Å². The molecule has 2 heterocycles. The third-order valence-electron chi connectivity index (χ3n) is 3.83. The van der Waals surface area contributed by atoms with Gasteiger partial charge in [-0.3, -0.25) is 9.69 Å². The van der Waals surface area contributed by atoms with Crippen LogP contribution in [0.5, 0.6) is 0 Å². The molecule has 24 heavy (non-hydrogen) atoms. The number of aromatic nitrogens is 1. The molecule has 128 valence electrons. The molecule has 1 aromatic carbocycles. The zero-order valence-electron chi connectivity index (χ0n) is 13.0. The molecule has 0 unspecified atom stereocenters. The standard InChI is InChI=1S/C16H18Cl2N4OS/c17-12-2-1-11(9-13(12)18)16-21-14(10-24-16)15(23)20-5-8-22-6-3-19-4-7-22/h1-2,9-10,19H,3-8H2,(H,20,23). The number of hydrogen-bond acceptors (Lipinski definition) is 5. The molecule has 2 N–H and O–H groups in total. The second-order valence-corrected chi connectivity index (χ2v) is 7.19. The lowest BCUT2D eigenvalue weighted by Gasteiger charge is -2.26. The average molecular weight is 385 g/mol. The van der Waals surface area contributed by atoms with E-state index in [9.17, 15) is 4.79 Å². The summed E-state index contributed by atoms with van der Waals surface area (Å²) in [5, 5.41) is 9.73. The normalized spacial score (nSPS) is 15.4. The van der Waals surface area contributed by atoms with E-state index < -0.39 is 0 Å². The molecule has 5 nitrogen and oxygen atoms in total. The van der Waals surface area contributed by atoms with E-state index in [1.165, 1.54) is 11.3 Å². The minimum Gasteiger partial charge on any atom is -0.349 e. The predicted molar refractivity (Wildman–Crippen MR) is 99.2 cm³/mol. The Balaban J connectivity index is 1.56. The summed E-state index contributed by atoms with van der Waals surface area (Å²) in [6.45, 7) is 5.54. The molecule has 0 radical (unpaired) electrons. The van der Waals surface area contributed by atoms with Crippen LogP contribution in [0.3, 0.4) is 0 Å². The van der Waals surface area contributed by atoms with Crippen LogP contribution in [0, 0.1) is 0 Å². The topological polar surface area (TPSA) is 57.3 Å². The van der Waals surface area contributed by atoms with Crippen molar-refractivity contribution in [2.45, 2.75) is 0 Å². The smallest absolute Gasteiger partial charge is 0.270 e. The van der Waals surface area contributed by atoms with Gasteiger partial charge in [0.15, 0.2) is 0 Å². The fourth-order valence-electron chi connectivity index (χ4n) is 2.49. The Labute approximate surface area is 155 Å². The first kappa shape index (κ1) is 17.6. The highest BCUT2D eigenvalue weighted by Gasteiger charge is 2.14. The summed E-state index contributed by atoms with van der Waals surface area (Å²) in [6.07, 6.45) is 0. The Morgan fingerprint density at radius 2 is 2.08 bits per heavy atom. The molecular weight excluding hydrogens is 367 g/mol. The molecule has 1 fully saturated rings. The van der Waals surface area contributed by atoms with Crippen molar-refractivity contribution < 1.29 is 4.79 Å². The summed E-state index contributed by atoms with van der Waals surface area (Å²) in [5.74, 6) is -0.146. The molecular formula is C16H18Cl2N4OS. The summed E-state index contributed by atoms with van der Waals surface area (Å²) in [6, 6.07) is 5.34. The van der Waals surface area contributed by atoms with Crippen LogP contribution in [0.25, 0.3) is 10.6 Å². The molecule has 2 aromatic rings. The summed E-state index contributed by atoms with van der Waals surface area (Å²) >= 11 is 13.4. The van der Waals surface area contributed by atoms with Gasteiger partial charge in [-0.2, -0.15) is 0 Å². The third kappa shape index (κ3) is 4.46. The minimum absolute atomic E-state index is 0.146. The van der Waals surface area contributed by atoms with Crippen molar-refractivity contribution in [3.63, 3.8) is 0 Å². The number of halogens is 2. The van der Waals surface area contributed by atoms with Crippen molar-refractivity contribution in [2.24, 2.45) is 0 Å². The number of hydrogen-bond donors (Lipinski definition) is 2. The first-order chi connectivity index (χ1) is 11.6. The molecule has 1 aliphatic heterocycles. The second kappa shape index (κ2) is 8.27. The van der Waals surface area contributed by atoms with Gasteiger partial charge >= 0.3 is 0 Å². The van der Waals surface area contributed by atoms with Crippen LogP contribution in [-0.2, 0) is 0 Å². The van der Waals surface area contributed by atoms with Crippen molar-refractivity contribution in [3.05, 3.63) is 39.3 Å². The summed E-state index contributed by atoms with van der Waals surface area (Å²) in [4.78, 5) is 18.9. The van der Waals surface area contributed by atoms with Crippen LogP contribution in [0.4, 0.5) is 0 Å². The number of carbonyl (C=O) groups excluding carboxylic acids is 1. The quantitative estimate of drug-likeness (QED) is 0.831. The largest absolute Gasteiger partial charge is 0.349 e. The number of thiazole rings is 1. The lowest BCUT2D eigenvalue weighted by Crippen LogP contribution is -2.46. The van der Waals surface area contributed by atoms with E-state index in [0.717, 1.165) is 43.3 Å². The van der Waals surface area contributed by atoms with Crippen LogP contribution < -0.4 is 10.6 Å². The molecule has 0 bridgehead atoms. The second-order valence-electron chi connectivity index (χ2n) is 5.51. The molecule has 1 saturated heterocycles. The molecule has 1 aliphatic rings. The maximum Gasteiger partial charge on any atom is 0.270 e. The van der Waals surface area contributed by atoms with E-state index in [1.807, 2.05) is 6.07 Å². The van der Waals surface area contributed by atoms with E-state index in [1.54, 1.807) is 17.5 Å². The van der Waals surface area contributed by atoms with Gasteiger partial charge in [0.25, 0.3) is 5.91 Å². The van der Waals surface area contributed by atoms with E-state index in [0.29, 0.717) is 22.3 Å². The van der Waals surface area contributed by atoms with Crippen molar-refractivity contribution in [2.75, 3.05) is 39.3 Å². The van der Waals surface area contributed by atoms with Crippen molar-refractivity contribution in [3.8, 4) is 10.6 Å². The first-order valence-electron chi connectivity index (χ1n) is 7.76. The van der Waals surface area contributed by atoms with E-state index in [2.05, 4.69) is 20.5 Å². The van der Waals surface area contributed by atoms with Gasteiger partial charge in [0.1, 0.15) is 10.7 Å². The molecule has 0 spiro atoms. The summed E-state index contributed by atoms with van der Waals surface area (Å²) in [7, 11) is 0. The number of amides is 1. The number of benzene rings is 1. The van der Waals surface area contributed by atoms with Crippen LogP contribution in [0.15, 0.2) is 23.6 Å². The van der Waals surface area contributed by atoms with Gasteiger partial charge in [-0.25, -0.2) is 4.98 Å². The number of nitrogens with zero attached hydrogens (tertiary/aromatic N) is 2. The average Bonchev–Trinajstić information content (AvgIpc) is 3.08. The molecule has 8 heteroatoms. The van der Waals surface area contributed by atoms with Crippen LogP contribution in [-0.4, -0.2) is 55.1 Å². The molecule has 0 saturated carbocycles. The Morgan fingerprint density at radius 3 is 2.83 bits per heavy atom. The minimum atomic E-state index is -0.146. The van der Waals surface area contributed by atoms with E-state index in [-0.39, 0.29) is 5.91 Å². The molecule has 0 aliphatic carbocycles. The molecule has 1 amide bonds. The number of rotatable bonds is 5. The third-order valence-corrected chi connectivity index (χ3v) is 5.46.